The zero-order valence-corrected chi connectivity index (χ0v) is 18.3. The summed E-state index contributed by atoms with van der Waals surface area (Å²) < 4.78 is 0. The maximum absolute atomic E-state index is 12.7. The van der Waals surface area contributed by atoms with Crippen molar-refractivity contribution < 1.29 is 4.79 Å². The van der Waals surface area contributed by atoms with Crippen molar-refractivity contribution >= 4 is 12.0 Å². The van der Waals surface area contributed by atoms with Crippen molar-refractivity contribution in [2.75, 3.05) is 39.3 Å². The lowest BCUT2D eigenvalue weighted by Gasteiger charge is -2.37. The van der Waals surface area contributed by atoms with E-state index in [-0.39, 0.29) is 11.9 Å². The minimum atomic E-state index is -0.0831. The molecular weight excluding hydrogens is 370 g/mol. The van der Waals surface area contributed by atoms with Gasteiger partial charge in [0.2, 0.25) is 5.91 Å². The van der Waals surface area contributed by atoms with E-state index >= 15 is 0 Å². The summed E-state index contributed by atoms with van der Waals surface area (Å²) in [6, 6.07) is 20.8. The van der Waals surface area contributed by atoms with Crippen molar-refractivity contribution in [2.45, 2.75) is 32.2 Å². The number of carbonyl (C=O) groups is 1. The molecule has 30 heavy (non-hydrogen) atoms. The van der Waals surface area contributed by atoms with E-state index in [0.29, 0.717) is 12.5 Å². The van der Waals surface area contributed by atoms with Crippen LogP contribution in [-0.4, -0.2) is 61.0 Å². The smallest absolute Gasteiger partial charge is 0.237 e. The molecule has 2 aromatic carbocycles. The minimum absolute atomic E-state index is 0.0831. The zero-order valence-electron chi connectivity index (χ0n) is 18.3. The fourth-order valence-electron chi connectivity index (χ4n) is 4.00. The number of hydrogen-bond donors (Lipinski definition) is 1. The van der Waals surface area contributed by atoms with E-state index in [1.165, 1.54) is 11.1 Å². The van der Waals surface area contributed by atoms with Gasteiger partial charge >= 0.3 is 0 Å². The van der Waals surface area contributed by atoms with Gasteiger partial charge in [-0.05, 0) is 24.5 Å². The second-order valence-electron chi connectivity index (χ2n) is 8.09. The Morgan fingerprint density at radius 2 is 1.63 bits per heavy atom. The molecule has 0 bridgehead atoms. The molecule has 1 saturated heterocycles. The van der Waals surface area contributed by atoms with Gasteiger partial charge in [-0.2, -0.15) is 0 Å². The first-order valence-electron chi connectivity index (χ1n) is 11.2. The van der Waals surface area contributed by atoms with Gasteiger partial charge in [-0.15, -0.1) is 0 Å². The molecule has 2 aromatic rings. The van der Waals surface area contributed by atoms with Gasteiger partial charge in [-0.3, -0.25) is 14.6 Å². The topological polar surface area (TPSA) is 35.6 Å². The molecule has 0 aromatic heterocycles. The number of piperazine rings is 1. The highest BCUT2D eigenvalue weighted by molar-refractivity contribution is 5.81. The second kappa shape index (κ2) is 11.7. The van der Waals surface area contributed by atoms with Crippen LogP contribution in [0.15, 0.2) is 66.7 Å². The quantitative estimate of drug-likeness (QED) is 0.685. The normalized spacial score (nSPS) is 17.7. The highest BCUT2D eigenvalue weighted by Crippen LogP contribution is 2.18. The Labute approximate surface area is 181 Å². The first-order valence-corrected chi connectivity index (χ1v) is 11.2. The maximum atomic E-state index is 12.7. The van der Waals surface area contributed by atoms with E-state index in [0.717, 1.165) is 39.1 Å². The molecule has 1 amide bonds. The number of carbonyl (C=O) groups excluding carboxylic acids is 1. The molecule has 1 N–H and O–H groups in total. The fourth-order valence-corrected chi connectivity index (χ4v) is 4.00. The Kier molecular flexibility index (Phi) is 8.66. The van der Waals surface area contributed by atoms with Crippen LogP contribution in [0.3, 0.4) is 0 Å². The lowest BCUT2D eigenvalue weighted by Crippen LogP contribution is -2.54. The van der Waals surface area contributed by atoms with Crippen LogP contribution in [0.1, 0.15) is 37.3 Å². The van der Waals surface area contributed by atoms with Crippen LogP contribution in [0.25, 0.3) is 6.08 Å². The SMILES string of the molecule is CC[C@@H](CNC(=O)[C@H](C)N1CCN(C/C=C/c2ccccc2)CC1)c1ccccc1. The van der Waals surface area contributed by atoms with Crippen molar-refractivity contribution in [3.05, 3.63) is 77.9 Å². The van der Waals surface area contributed by atoms with Gasteiger partial charge in [0.05, 0.1) is 6.04 Å². The average molecular weight is 406 g/mol. The Hall–Kier alpha value is -2.43. The largest absolute Gasteiger partial charge is 0.354 e. The van der Waals surface area contributed by atoms with Crippen LogP contribution in [0.4, 0.5) is 0 Å². The number of benzene rings is 2. The summed E-state index contributed by atoms with van der Waals surface area (Å²) in [5.41, 5.74) is 2.53. The predicted octanol–water partition coefficient (Wildman–Crippen LogP) is 4.02. The molecule has 0 saturated carbocycles. The second-order valence-corrected chi connectivity index (χ2v) is 8.09. The molecule has 4 heteroatoms. The van der Waals surface area contributed by atoms with Gasteiger partial charge in [-0.1, -0.05) is 79.7 Å². The standard InChI is InChI=1S/C26H35N3O/c1-3-24(25-14-8-5-9-15-25)21-27-26(30)22(2)29-19-17-28(18-20-29)16-10-13-23-11-6-4-7-12-23/h4-15,22,24H,3,16-21H2,1-2H3,(H,27,30)/b13-10+/t22-,24-/m0/s1. The third-order valence-electron chi connectivity index (χ3n) is 6.09. The van der Waals surface area contributed by atoms with Gasteiger partial charge in [0.15, 0.2) is 0 Å². The predicted molar refractivity (Wildman–Crippen MR) is 125 cm³/mol. The average Bonchev–Trinajstić information content (AvgIpc) is 2.81. The monoisotopic (exact) mass is 405 g/mol. The van der Waals surface area contributed by atoms with E-state index in [9.17, 15) is 4.79 Å². The Morgan fingerprint density at radius 3 is 2.27 bits per heavy atom. The maximum Gasteiger partial charge on any atom is 0.237 e. The van der Waals surface area contributed by atoms with Gasteiger partial charge in [0.1, 0.15) is 0 Å². The van der Waals surface area contributed by atoms with Gasteiger partial charge in [0, 0.05) is 45.2 Å². The number of hydrogen-bond acceptors (Lipinski definition) is 3. The molecule has 0 unspecified atom stereocenters. The Morgan fingerprint density at radius 1 is 1.00 bits per heavy atom. The summed E-state index contributed by atoms with van der Waals surface area (Å²) in [5, 5.41) is 3.19. The van der Waals surface area contributed by atoms with E-state index in [2.05, 4.69) is 82.7 Å². The molecule has 0 aliphatic carbocycles. The molecule has 160 valence electrons. The van der Waals surface area contributed by atoms with Crippen LogP contribution in [0.2, 0.25) is 0 Å². The van der Waals surface area contributed by atoms with Crippen LogP contribution in [0.5, 0.6) is 0 Å². The molecule has 2 atom stereocenters. The third kappa shape index (κ3) is 6.54. The summed E-state index contributed by atoms with van der Waals surface area (Å²) in [6.45, 7) is 9.74. The summed E-state index contributed by atoms with van der Waals surface area (Å²) in [4.78, 5) is 17.5. The Balaban J connectivity index is 1.40. The number of amides is 1. The number of rotatable bonds is 9. The molecule has 1 fully saturated rings. The summed E-state index contributed by atoms with van der Waals surface area (Å²) in [6.07, 6.45) is 5.43. The first-order chi connectivity index (χ1) is 14.7. The lowest BCUT2D eigenvalue weighted by molar-refractivity contribution is -0.126. The van der Waals surface area contributed by atoms with Crippen LogP contribution in [0, 0.1) is 0 Å². The number of nitrogens with one attached hydrogen (secondary N) is 1. The van der Waals surface area contributed by atoms with Gasteiger partial charge in [0.25, 0.3) is 0 Å². The highest BCUT2D eigenvalue weighted by atomic mass is 16.2. The van der Waals surface area contributed by atoms with Crippen molar-refractivity contribution in [1.29, 1.82) is 0 Å². The van der Waals surface area contributed by atoms with Crippen molar-refractivity contribution in [2.24, 2.45) is 0 Å². The fraction of sp³-hybridized carbons (Fsp3) is 0.423. The molecule has 1 heterocycles. The van der Waals surface area contributed by atoms with Crippen LogP contribution < -0.4 is 5.32 Å². The van der Waals surface area contributed by atoms with Crippen molar-refractivity contribution in [3.8, 4) is 0 Å². The van der Waals surface area contributed by atoms with Gasteiger partial charge in [-0.25, -0.2) is 0 Å². The summed E-state index contributed by atoms with van der Waals surface area (Å²) in [7, 11) is 0. The van der Waals surface area contributed by atoms with Crippen LogP contribution >= 0.6 is 0 Å². The molecular formula is C26H35N3O. The zero-order chi connectivity index (χ0) is 21.2. The molecule has 0 spiro atoms. The summed E-state index contributed by atoms with van der Waals surface area (Å²) in [5.74, 6) is 0.511. The molecule has 3 rings (SSSR count). The van der Waals surface area contributed by atoms with E-state index in [4.69, 9.17) is 0 Å². The minimum Gasteiger partial charge on any atom is -0.354 e. The van der Waals surface area contributed by atoms with E-state index in [1.807, 2.05) is 19.1 Å². The molecule has 0 radical (unpaired) electrons. The molecule has 1 aliphatic rings. The number of nitrogens with zero attached hydrogens (tertiary/aromatic N) is 2. The highest BCUT2D eigenvalue weighted by Gasteiger charge is 2.25. The Bertz CT molecular complexity index is 782. The van der Waals surface area contributed by atoms with Crippen molar-refractivity contribution in [1.82, 2.24) is 15.1 Å². The van der Waals surface area contributed by atoms with Gasteiger partial charge < -0.3 is 5.32 Å². The lowest BCUT2D eigenvalue weighted by atomic mass is 9.96. The van der Waals surface area contributed by atoms with Crippen LogP contribution in [-0.2, 0) is 4.79 Å². The summed E-state index contributed by atoms with van der Waals surface area (Å²) >= 11 is 0. The third-order valence-corrected chi connectivity index (χ3v) is 6.09. The van der Waals surface area contributed by atoms with Crippen molar-refractivity contribution in [3.63, 3.8) is 0 Å². The van der Waals surface area contributed by atoms with E-state index < -0.39 is 0 Å². The molecule has 1 aliphatic heterocycles. The molecule has 4 nitrogen and oxygen atoms in total. The van der Waals surface area contributed by atoms with E-state index in [1.54, 1.807) is 0 Å². The first kappa shape index (κ1) is 22.3.